The van der Waals surface area contributed by atoms with E-state index in [0.717, 1.165) is 5.01 Å². The summed E-state index contributed by atoms with van der Waals surface area (Å²) in [6.45, 7) is 0. The zero-order chi connectivity index (χ0) is 30.9. The summed E-state index contributed by atoms with van der Waals surface area (Å²) in [5, 5.41) is 15.2. The lowest BCUT2D eigenvalue weighted by atomic mass is 9.49. The van der Waals surface area contributed by atoms with Gasteiger partial charge in [-0.1, -0.05) is 41.4 Å². The molecule has 9 nitrogen and oxygen atoms in total. The second kappa shape index (κ2) is 10.2. The Morgan fingerprint density at radius 2 is 1.73 bits per heavy atom. The number of allylic oxidation sites excluding steroid dienone is 2. The van der Waals surface area contributed by atoms with Crippen molar-refractivity contribution in [2.75, 3.05) is 12.5 Å². The normalized spacial score (nSPS) is 29.0. The molecule has 3 aromatic rings. The van der Waals surface area contributed by atoms with Crippen molar-refractivity contribution in [3.8, 4) is 11.5 Å². The zero-order valence-corrected chi connectivity index (χ0v) is 24.2. The van der Waals surface area contributed by atoms with Crippen LogP contribution in [0.25, 0.3) is 0 Å². The number of aromatic hydroxyl groups is 1. The number of methoxy groups -OCH3 is 1. The highest BCUT2D eigenvalue weighted by molar-refractivity contribution is 6.30. The molecular formula is C33H27ClFN3O6. The maximum absolute atomic E-state index is 15.0. The predicted octanol–water partition coefficient (Wildman–Crippen LogP) is 4.47. The minimum absolute atomic E-state index is 0.0922. The highest BCUT2D eigenvalue weighted by Crippen LogP contribution is 2.65. The maximum atomic E-state index is 15.0. The van der Waals surface area contributed by atoms with Gasteiger partial charge in [0.15, 0.2) is 0 Å². The fourth-order valence-electron chi connectivity index (χ4n) is 7.88. The van der Waals surface area contributed by atoms with Gasteiger partial charge < -0.3 is 9.84 Å². The number of carbonyl (C=O) groups is 4. The van der Waals surface area contributed by atoms with Gasteiger partial charge in [0.2, 0.25) is 11.8 Å². The monoisotopic (exact) mass is 615 g/mol. The molecule has 7 rings (SSSR count). The Labute approximate surface area is 256 Å². The number of phenols is 1. The largest absolute Gasteiger partial charge is 0.508 e. The molecular weight excluding hydrogens is 589 g/mol. The highest BCUT2D eigenvalue weighted by atomic mass is 35.5. The number of anilines is 1. The van der Waals surface area contributed by atoms with Crippen LogP contribution in [0.15, 0.2) is 78.4 Å². The van der Waals surface area contributed by atoms with Gasteiger partial charge in [-0.05, 0) is 72.9 Å². The molecule has 3 fully saturated rings. The second-order valence-electron chi connectivity index (χ2n) is 11.6. The van der Waals surface area contributed by atoms with Crippen molar-refractivity contribution in [2.24, 2.45) is 23.7 Å². The van der Waals surface area contributed by atoms with Crippen LogP contribution in [-0.2, 0) is 24.6 Å². The number of hydrazine groups is 1. The molecule has 2 aliphatic carbocycles. The van der Waals surface area contributed by atoms with E-state index in [1.807, 2.05) is 6.08 Å². The van der Waals surface area contributed by atoms with Crippen LogP contribution in [-0.4, -0.2) is 40.9 Å². The number of amides is 4. The van der Waals surface area contributed by atoms with Gasteiger partial charge in [0.1, 0.15) is 17.3 Å². The molecule has 0 spiro atoms. The van der Waals surface area contributed by atoms with Gasteiger partial charge in [-0.2, -0.15) is 5.01 Å². The first kappa shape index (κ1) is 28.1. The van der Waals surface area contributed by atoms with E-state index < -0.39 is 58.5 Å². The average molecular weight is 616 g/mol. The van der Waals surface area contributed by atoms with Crippen molar-refractivity contribution >= 4 is 40.9 Å². The van der Waals surface area contributed by atoms with Crippen molar-refractivity contribution in [1.82, 2.24) is 10.3 Å². The Hall–Kier alpha value is -4.70. The molecule has 0 radical (unpaired) electrons. The number of phenolic OH excluding ortho intramolecular Hbond substituents is 1. The molecule has 1 saturated carbocycles. The fraction of sp³-hybridized carbons (Fsp3) is 0.273. The van der Waals surface area contributed by atoms with Crippen LogP contribution in [0.4, 0.5) is 10.1 Å². The number of hydrogen-bond acceptors (Lipinski definition) is 7. The van der Waals surface area contributed by atoms with Crippen LogP contribution in [0.3, 0.4) is 0 Å². The van der Waals surface area contributed by atoms with Crippen LogP contribution in [0, 0.1) is 29.5 Å². The molecule has 0 aromatic heterocycles. The Morgan fingerprint density at radius 3 is 2.43 bits per heavy atom. The molecule has 3 N–H and O–H groups in total. The van der Waals surface area contributed by atoms with E-state index in [1.165, 1.54) is 37.4 Å². The van der Waals surface area contributed by atoms with E-state index in [4.69, 9.17) is 16.3 Å². The van der Waals surface area contributed by atoms with E-state index in [1.54, 1.807) is 36.4 Å². The summed E-state index contributed by atoms with van der Waals surface area (Å²) in [6.07, 6.45) is 2.22. The SMILES string of the molecule is COc1cccc(O)c1[C@H]1C2=CC[C@@H]3C(=O)NC(=O)[C@@H]3[C@@H]2C[C@H]2C(=O)N(Nc3ccc(F)cc3)C(=O)[C@@]12c1ccc(Cl)cc1. The fourth-order valence-corrected chi connectivity index (χ4v) is 8.01. The van der Waals surface area contributed by atoms with Gasteiger partial charge >= 0.3 is 0 Å². The number of imide groups is 2. The van der Waals surface area contributed by atoms with Crippen molar-refractivity contribution in [3.05, 3.63) is 100 Å². The summed E-state index contributed by atoms with van der Waals surface area (Å²) in [6, 6.07) is 16.7. The number of fused-ring (bicyclic) bond motifs is 4. The molecule has 6 atom stereocenters. The molecule has 2 aliphatic heterocycles. The van der Waals surface area contributed by atoms with Crippen molar-refractivity contribution in [3.63, 3.8) is 0 Å². The molecule has 0 bridgehead atoms. The molecule has 2 heterocycles. The third-order valence-electron chi connectivity index (χ3n) is 9.65. The third-order valence-corrected chi connectivity index (χ3v) is 9.90. The van der Waals surface area contributed by atoms with Gasteiger partial charge in [-0.3, -0.25) is 29.9 Å². The van der Waals surface area contributed by atoms with Crippen LogP contribution in [0.5, 0.6) is 11.5 Å². The van der Waals surface area contributed by atoms with Crippen LogP contribution in [0.2, 0.25) is 5.02 Å². The number of hydrogen-bond donors (Lipinski definition) is 3. The summed E-state index contributed by atoms with van der Waals surface area (Å²) in [5.74, 6) is -6.20. The number of ether oxygens (including phenoxy) is 1. The Balaban J connectivity index is 1.51. The molecule has 224 valence electrons. The van der Waals surface area contributed by atoms with E-state index in [2.05, 4.69) is 10.7 Å². The van der Waals surface area contributed by atoms with Gasteiger partial charge in [0, 0.05) is 16.5 Å². The quantitative estimate of drug-likeness (QED) is 0.286. The van der Waals surface area contributed by atoms with Gasteiger partial charge in [-0.25, -0.2) is 4.39 Å². The number of nitrogens with one attached hydrogen (secondary N) is 2. The zero-order valence-electron chi connectivity index (χ0n) is 23.4. The number of nitrogens with zero attached hydrogens (tertiary/aromatic N) is 1. The van der Waals surface area contributed by atoms with E-state index >= 15 is 0 Å². The highest BCUT2D eigenvalue weighted by Gasteiger charge is 2.70. The lowest BCUT2D eigenvalue weighted by Gasteiger charge is -2.50. The first-order valence-corrected chi connectivity index (χ1v) is 14.6. The summed E-state index contributed by atoms with van der Waals surface area (Å²) < 4.78 is 19.4. The third kappa shape index (κ3) is 3.90. The molecule has 3 aromatic carbocycles. The Bertz CT molecular complexity index is 1760. The van der Waals surface area contributed by atoms with Crippen molar-refractivity contribution in [1.29, 1.82) is 0 Å². The lowest BCUT2D eigenvalue weighted by molar-refractivity contribution is -0.138. The summed E-state index contributed by atoms with van der Waals surface area (Å²) in [7, 11) is 1.45. The molecule has 4 amide bonds. The minimum Gasteiger partial charge on any atom is -0.508 e. The van der Waals surface area contributed by atoms with Crippen LogP contribution >= 0.6 is 11.6 Å². The standard InChI is InChI=1S/C33H27ClFN3O6/c1-44-25-4-2-3-24(39)27(25)28-20-13-14-21-26(30(41)36-29(21)40)22(20)15-23-31(42)38(37-19-11-9-18(35)10-12-19)32(43)33(23,28)16-5-7-17(34)8-6-16/h2-13,21-23,26,28,37,39H,14-15H2,1H3,(H,36,40,41)/t21-,22+,23-,26-,28+,33+/m0/s1. The first-order valence-electron chi connectivity index (χ1n) is 14.2. The van der Waals surface area contributed by atoms with E-state index in [0.29, 0.717) is 33.2 Å². The average Bonchev–Trinajstić information content (AvgIpc) is 3.42. The number of rotatable bonds is 5. The molecule has 4 aliphatic rings. The van der Waals surface area contributed by atoms with E-state index in [9.17, 15) is 28.7 Å². The smallest absolute Gasteiger partial charge is 0.260 e. The van der Waals surface area contributed by atoms with Gasteiger partial charge in [0.25, 0.3) is 11.8 Å². The lowest BCUT2D eigenvalue weighted by Crippen LogP contribution is -2.53. The number of carbonyl (C=O) groups excluding carboxylic acids is 4. The maximum Gasteiger partial charge on any atom is 0.260 e. The minimum atomic E-state index is -1.62. The summed E-state index contributed by atoms with van der Waals surface area (Å²) in [5.41, 5.74) is 3.03. The Kier molecular flexibility index (Phi) is 6.51. The molecule has 11 heteroatoms. The first-order chi connectivity index (χ1) is 21.2. The van der Waals surface area contributed by atoms with Crippen LogP contribution < -0.4 is 15.5 Å². The second-order valence-corrected chi connectivity index (χ2v) is 12.1. The molecule has 2 saturated heterocycles. The summed E-state index contributed by atoms with van der Waals surface area (Å²) >= 11 is 6.28. The number of benzene rings is 3. The molecule has 44 heavy (non-hydrogen) atoms. The number of halogens is 2. The molecule has 0 unspecified atom stereocenters. The predicted molar refractivity (Wildman–Crippen MR) is 157 cm³/mol. The topological polar surface area (TPSA) is 125 Å². The van der Waals surface area contributed by atoms with Gasteiger partial charge in [-0.15, -0.1) is 0 Å². The van der Waals surface area contributed by atoms with Crippen molar-refractivity contribution in [2.45, 2.75) is 24.2 Å². The Morgan fingerprint density at radius 1 is 1.00 bits per heavy atom. The summed E-state index contributed by atoms with van der Waals surface area (Å²) in [4.78, 5) is 55.4. The van der Waals surface area contributed by atoms with Crippen molar-refractivity contribution < 1.29 is 33.4 Å². The van der Waals surface area contributed by atoms with Crippen LogP contribution in [0.1, 0.15) is 29.9 Å². The van der Waals surface area contributed by atoms with Gasteiger partial charge in [0.05, 0.1) is 36.0 Å². The van der Waals surface area contributed by atoms with E-state index in [-0.39, 0.29) is 24.5 Å².